The average Bonchev–Trinajstić information content (AvgIpc) is 2.48. The molecule has 2 atom stereocenters. The molecule has 2 rings (SSSR count). The van der Waals surface area contributed by atoms with Crippen LogP contribution in [0, 0.1) is 0 Å². The molecule has 6 heteroatoms. The molecule has 2 N–H and O–H groups in total. The van der Waals surface area contributed by atoms with Gasteiger partial charge in [0.1, 0.15) is 5.69 Å². The van der Waals surface area contributed by atoms with Crippen LogP contribution in [0.15, 0.2) is 12.3 Å². The van der Waals surface area contributed by atoms with Crippen LogP contribution in [-0.4, -0.2) is 58.0 Å². The van der Waals surface area contributed by atoms with Crippen LogP contribution in [0.5, 0.6) is 5.88 Å². The molecule has 1 aromatic rings. The third kappa shape index (κ3) is 4.22. The molecule has 1 fully saturated rings. The van der Waals surface area contributed by atoms with E-state index < -0.39 is 0 Å². The van der Waals surface area contributed by atoms with E-state index in [1.54, 1.807) is 13.3 Å². The highest BCUT2D eigenvalue weighted by molar-refractivity contribution is 5.74. The summed E-state index contributed by atoms with van der Waals surface area (Å²) in [5, 5.41) is 7.01. The predicted molar refractivity (Wildman–Crippen MR) is 85.4 cm³/mol. The summed E-state index contributed by atoms with van der Waals surface area (Å²) in [6, 6.07) is 2.67. The van der Waals surface area contributed by atoms with Crippen molar-refractivity contribution in [2.24, 2.45) is 0 Å². The van der Waals surface area contributed by atoms with E-state index in [-0.39, 0.29) is 0 Å². The molecule has 0 bridgehead atoms. The van der Waals surface area contributed by atoms with Crippen molar-refractivity contribution >= 4 is 11.4 Å². The van der Waals surface area contributed by atoms with E-state index in [0.29, 0.717) is 18.0 Å². The zero-order chi connectivity index (χ0) is 15.2. The molecule has 2 unspecified atom stereocenters. The lowest BCUT2D eigenvalue weighted by atomic mass is 10.1. The third-order valence-corrected chi connectivity index (χ3v) is 3.60. The quantitative estimate of drug-likeness (QED) is 0.825. The normalized spacial score (nSPS) is 19.9. The Balaban J connectivity index is 2.06. The van der Waals surface area contributed by atoms with Crippen molar-refractivity contribution in [1.29, 1.82) is 0 Å². The molecular weight excluding hydrogens is 268 g/mol. The molecule has 2 heterocycles. The van der Waals surface area contributed by atoms with Crippen molar-refractivity contribution in [1.82, 2.24) is 10.3 Å². The maximum Gasteiger partial charge on any atom is 0.239 e. The van der Waals surface area contributed by atoms with Gasteiger partial charge in [0.15, 0.2) is 0 Å². The largest absolute Gasteiger partial charge is 0.479 e. The van der Waals surface area contributed by atoms with E-state index in [2.05, 4.69) is 27.4 Å². The molecular formula is C15H26N4O2. The van der Waals surface area contributed by atoms with Gasteiger partial charge in [-0.2, -0.15) is 0 Å². The summed E-state index contributed by atoms with van der Waals surface area (Å²) >= 11 is 0. The standard InChI is InChI=1S/C15H26N4O2/c1-11(9-12-10-21-8-7-16-12)18-14-13(19(2)3)5-6-17-15(14)20-4/h5-6,11-12,16,18H,7-10H2,1-4H3. The molecule has 0 aromatic carbocycles. The average molecular weight is 294 g/mol. The molecule has 1 aromatic heterocycles. The Morgan fingerprint density at radius 1 is 1.57 bits per heavy atom. The minimum Gasteiger partial charge on any atom is -0.479 e. The van der Waals surface area contributed by atoms with E-state index in [9.17, 15) is 0 Å². The third-order valence-electron chi connectivity index (χ3n) is 3.60. The second-order valence-corrected chi connectivity index (χ2v) is 5.62. The zero-order valence-corrected chi connectivity index (χ0v) is 13.3. The summed E-state index contributed by atoms with van der Waals surface area (Å²) in [6.45, 7) is 4.68. The van der Waals surface area contributed by atoms with Gasteiger partial charge in [0.2, 0.25) is 5.88 Å². The molecule has 1 aliphatic rings. The number of anilines is 2. The van der Waals surface area contributed by atoms with Gasteiger partial charge in [-0.05, 0) is 19.4 Å². The number of aromatic nitrogens is 1. The number of hydrogen-bond donors (Lipinski definition) is 2. The number of nitrogens with zero attached hydrogens (tertiary/aromatic N) is 2. The van der Waals surface area contributed by atoms with Gasteiger partial charge < -0.3 is 25.0 Å². The van der Waals surface area contributed by atoms with Crippen LogP contribution in [0.1, 0.15) is 13.3 Å². The van der Waals surface area contributed by atoms with Crippen molar-refractivity contribution in [3.05, 3.63) is 12.3 Å². The monoisotopic (exact) mass is 294 g/mol. The highest BCUT2D eigenvalue weighted by Gasteiger charge is 2.19. The predicted octanol–water partition coefficient (Wildman–Crippen LogP) is 1.34. The lowest BCUT2D eigenvalue weighted by molar-refractivity contribution is 0.0731. The van der Waals surface area contributed by atoms with Crippen molar-refractivity contribution < 1.29 is 9.47 Å². The van der Waals surface area contributed by atoms with Gasteiger partial charge in [0.05, 0.1) is 26.0 Å². The first-order valence-corrected chi connectivity index (χ1v) is 7.39. The fraction of sp³-hybridized carbons (Fsp3) is 0.667. The molecule has 6 nitrogen and oxygen atoms in total. The summed E-state index contributed by atoms with van der Waals surface area (Å²) in [5.41, 5.74) is 2.01. The summed E-state index contributed by atoms with van der Waals surface area (Å²) in [4.78, 5) is 6.35. The van der Waals surface area contributed by atoms with Crippen LogP contribution in [0.3, 0.4) is 0 Å². The van der Waals surface area contributed by atoms with Crippen LogP contribution in [-0.2, 0) is 4.74 Å². The van der Waals surface area contributed by atoms with Gasteiger partial charge in [-0.25, -0.2) is 4.98 Å². The van der Waals surface area contributed by atoms with Crippen molar-refractivity contribution in [3.63, 3.8) is 0 Å². The van der Waals surface area contributed by atoms with E-state index in [1.165, 1.54) is 0 Å². The van der Waals surface area contributed by atoms with E-state index in [4.69, 9.17) is 9.47 Å². The van der Waals surface area contributed by atoms with Gasteiger partial charge >= 0.3 is 0 Å². The highest BCUT2D eigenvalue weighted by atomic mass is 16.5. The topological polar surface area (TPSA) is 58.7 Å². The minimum absolute atomic E-state index is 0.293. The van der Waals surface area contributed by atoms with Crippen LogP contribution in [0.4, 0.5) is 11.4 Å². The molecule has 0 radical (unpaired) electrons. The van der Waals surface area contributed by atoms with Gasteiger partial charge in [-0.3, -0.25) is 0 Å². The molecule has 0 saturated carbocycles. The lowest BCUT2D eigenvalue weighted by Crippen LogP contribution is -2.43. The molecule has 0 amide bonds. The Morgan fingerprint density at radius 2 is 2.38 bits per heavy atom. The Bertz CT molecular complexity index is 447. The molecule has 0 aliphatic carbocycles. The summed E-state index contributed by atoms with van der Waals surface area (Å²) < 4.78 is 10.9. The van der Waals surface area contributed by atoms with E-state index in [1.807, 2.05) is 20.2 Å². The number of pyridine rings is 1. The number of nitrogens with one attached hydrogen (secondary N) is 2. The summed E-state index contributed by atoms with van der Waals surface area (Å²) in [7, 11) is 5.68. The maximum absolute atomic E-state index is 5.50. The molecule has 1 saturated heterocycles. The van der Waals surface area contributed by atoms with Gasteiger partial charge in [-0.1, -0.05) is 0 Å². The Hall–Kier alpha value is -1.53. The van der Waals surface area contributed by atoms with Crippen LogP contribution < -0.4 is 20.3 Å². The molecule has 21 heavy (non-hydrogen) atoms. The van der Waals surface area contributed by atoms with E-state index in [0.717, 1.165) is 37.6 Å². The van der Waals surface area contributed by atoms with Crippen LogP contribution in [0.25, 0.3) is 0 Å². The Morgan fingerprint density at radius 3 is 3.00 bits per heavy atom. The number of ether oxygens (including phenoxy) is 2. The number of methoxy groups -OCH3 is 1. The smallest absolute Gasteiger partial charge is 0.239 e. The van der Waals surface area contributed by atoms with Crippen molar-refractivity contribution in [2.75, 3.05) is 51.2 Å². The second kappa shape index (κ2) is 7.47. The molecule has 118 valence electrons. The van der Waals surface area contributed by atoms with Crippen LogP contribution in [0.2, 0.25) is 0 Å². The second-order valence-electron chi connectivity index (χ2n) is 5.62. The van der Waals surface area contributed by atoms with Crippen LogP contribution >= 0.6 is 0 Å². The van der Waals surface area contributed by atoms with Gasteiger partial charge in [0, 0.05) is 38.9 Å². The van der Waals surface area contributed by atoms with Gasteiger partial charge in [-0.15, -0.1) is 0 Å². The van der Waals surface area contributed by atoms with Gasteiger partial charge in [0.25, 0.3) is 0 Å². The molecule has 1 aliphatic heterocycles. The Labute approximate surface area is 126 Å². The van der Waals surface area contributed by atoms with Crippen molar-refractivity contribution in [3.8, 4) is 5.88 Å². The maximum atomic E-state index is 5.50. The van der Waals surface area contributed by atoms with E-state index >= 15 is 0 Å². The van der Waals surface area contributed by atoms with Crippen molar-refractivity contribution in [2.45, 2.75) is 25.4 Å². The number of rotatable bonds is 6. The number of hydrogen-bond acceptors (Lipinski definition) is 6. The number of morpholine rings is 1. The fourth-order valence-corrected chi connectivity index (χ4v) is 2.60. The first kappa shape index (κ1) is 15.9. The first-order chi connectivity index (χ1) is 10.1. The first-order valence-electron chi connectivity index (χ1n) is 7.39. The minimum atomic E-state index is 0.293. The SMILES string of the molecule is COc1nccc(N(C)C)c1NC(C)CC1COCCN1. The summed E-state index contributed by atoms with van der Waals surface area (Å²) in [6.07, 6.45) is 2.76. The molecule has 0 spiro atoms. The highest BCUT2D eigenvalue weighted by Crippen LogP contribution is 2.32. The zero-order valence-electron chi connectivity index (χ0n) is 13.3. The fourth-order valence-electron chi connectivity index (χ4n) is 2.60. The Kier molecular flexibility index (Phi) is 5.64. The lowest BCUT2D eigenvalue weighted by Gasteiger charge is -2.28. The summed E-state index contributed by atoms with van der Waals surface area (Å²) in [5.74, 6) is 0.626.